The zero-order valence-corrected chi connectivity index (χ0v) is 12.8. The van der Waals surface area contributed by atoms with Gasteiger partial charge in [-0.05, 0) is 30.0 Å². The first kappa shape index (κ1) is 14.6. The van der Waals surface area contributed by atoms with Crippen molar-refractivity contribution in [1.29, 1.82) is 0 Å². The van der Waals surface area contributed by atoms with E-state index in [4.69, 9.17) is 21.1 Å². The Labute approximate surface area is 120 Å². The lowest BCUT2D eigenvalue weighted by Gasteiger charge is -2.29. The molecular formula is C15H22ClNO2. The predicted molar refractivity (Wildman–Crippen MR) is 78.4 cm³/mol. The molecule has 0 aromatic heterocycles. The average Bonchev–Trinajstić information content (AvgIpc) is 2.41. The predicted octanol–water partition coefficient (Wildman–Crippen LogP) is 3.44. The first-order chi connectivity index (χ1) is 9.06. The lowest BCUT2D eigenvalue weighted by Crippen LogP contribution is -2.34. The van der Waals surface area contributed by atoms with Crippen LogP contribution in [0.1, 0.15) is 42.6 Å². The maximum absolute atomic E-state index is 6.38. The van der Waals surface area contributed by atoms with Crippen LogP contribution in [0.2, 0.25) is 5.02 Å². The number of methoxy groups -OCH3 is 1. The summed E-state index contributed by atoms with van der Waals surface area (Å²) in [5.74, 6) is 1.29. The summed E-state index contributed by atoms with van der Waals surface area (Å²) in [5, 5.41) is 4.14. The third-order valence-electron chi connectivity index (χ3n) is 3.63. The molecule has 1 heterocycles. The van der Waals surface area contributed by atoms with Crippen molar-refractivity contribution in [3.63, 3.8) is 0 Å². The molecular weight excluding hydrogens is 262 g/mol. The van der Waals surface area contributed by atoms with E-state index in [0.717, 1.165) is 47.2 Å². The van der Waals surface area contributed by atoms with Crippen LogP contribution in [0.15, 0.2) is 6.07 Å². The summed E-state index contributed by atoms with van der Waals surface area (Å²) in [6.45, 7) is 8.74. The number of nitrogens with one attached hydrogen (secondary N) is 1. The minimum Gasteiger partial charge on any atom is -0.496 e. The van der Waals surface area contributed by atoms with E-state index in [-0.39, 0.29) is 6.10 Å². The molecule has 1 aliphatic rings. The van der Waals surface area contributed by atoms with Crippen LogP contribution < -0.4 is 10.1 Å². The first-order valence-corrected chi connectivity index (χ1v) is 7.13. The van der Waals surface area contributed by atoms with Crippen molar-refractivity contribution in [2.75, 3.05) is 26.8 Å². The van der Waals surface area contributed by atoms with Gasteiger partial charge in [0.25, 0.3) is 0 Å². The third-order valence-corrected chi connectivity index (χ3v) is 4.02. The Balaban J connectivity index is 2.55. The SMILES string of the molecule is COc1c(C(C)C)cc(Cl)c(C)c1C1CNCCO1. The van der Waals surface area contributed by atoms with Gasteiger partial charge in [-0.1, -0.05) is 25.4 Å². The van der Waals surface area contributed by atoms with Crippen molar-refractivity contribution in [2.45, 2.75) is 32.8 Å². The van der Waals surface area contributed by atoms with Crippen LogP contribution >= 0.6 is 11.6 Å². The van der Waals surface area contributed by atoms with Crippen molar-refractivity contribution in [1.82, 2.24) is 5.32 Å². The molecule has 4 heteroatoms. The number of ether oxygens (including phenoxy) is 2. The van der Waals surface area contributed by atoms with Gasteiger partial charge in [0.05, 0.1) is 19.8 Å². The molecule has 1 fully saturated rings. The summed E-state index contributed by atoms with van der Waals surface area (Å²) < 4.78 is 11.5. The Bertz CT molecular complexity index is 454. The van der Waals surface area contributed by atoms with E-state index >= 15 is 0 Å². The molecule has 3 nitrogen and oxygen atoms in total. The standard InChI is InChI=1S/C15H22ClNO2/c1-9(2)11-7-12(16)10(3)14(15(11)18-4)13-8-17-5-6-19-13/h7,9,13,17H,5-6,8H2,1-4H3. The largest absolute Gasteiger partial charge is 0.496 e. The molecule has 19 heavy (non-hydrogen) atoms. The highest BCUT2D eigenvalue weighted by Crippen LogP contribution is 2.40. The molecule has 2 rings (SSSR count). The second kappa shape index (κ2) is 6.12. The highest BCUT2D eigenvalue weighted by molar-refractivity contribution is 6.31. The van der Waals surface area contributed by atoms with E-state index in [2.05, 4.69) is 19.2 Å². The van der Waals surface area contributed by atoms with Crippen LogP contribution in [-0.2, 0) is 4.74 Å². The number of halogens is 1. The van der Waals surface area contributed by atoms with E-state index in [0.29, 0.717) is 5.92 Å². The van der Waals surface area contributed by atoms with Crippen molar-refractivity contribution in [2.24, 2.45) is 0 Å². The number of hydrogen-bond donors (Lipinski definition) is 1. The highest BCUT2D eigenvalue weighted by atomic mass is 35.5. The van der Waals surface area contributed by atoms with Gasteiger partial charge in [0, 0.05) is 23.7 Å². The number of benzene rings is 1. The highest BCUT2D eigenvalue weighted by Gasteiger charge is 2.26. The molecule has 1 atom stereocenters. The second-order valence-electron chi connectivity index (χ2n) is 5.24. The summed E-state index contributed by atoms with van der Waals surface area (Å²) in [7, 11) is 1.72. The van der Waals surface area contributed by atoms with Crippen molar-refractivity contribution < 1.29 is 9.47 Å². The monoisotopic (exact) mass is 283 g/mol. The number of morpholine rings is 1. The van der Waals surface area contributed by atoms with Crippen molar-refractivity contribution in [3.8, 4) is 5.75 Å². The Morgan fingerprint density at radius 3 is 2.74 bits per heavy atom. The zero-order valence-electron chi connectivity index (χ0n) is 12.0. The normalized spacial score (nSPS) is 19.8. The molecule has 0 saturated carbocycles. The van der Waals surface area contributed by atoms with Crippen LogP contribution in [0.4, 0.5) is 0 Å². The van der Waals surface area contributed by atoms with Gasteiger partial charge in [-0.15, -0.1) is 0 Å². The molecule has 1 unspecified atom stereocenters. The Morgan fingerprint density at radius 1 is 1.47 bits per heavy atom. The molecule has 0 spiro atoms. The Kier molecular flexibility index (Phi) is 4.71. The summed E-state index contributed by atoms with van der Waals surface area (Å²) in [5.41, 5.74) is 3.28. The van der Waals surface area contributed by atoms with Gasteiger partial charge in [-0.2, -0.15) is 0 Å². The van der Waals surface area contributed by atoms with Crippen LogP contribution in [0.5, 0.6) is 5.75 Å². The molecule has 1 aromatic rings. The van der Waals surface area contributed by atoms with Gasteiger partial charge >= 0.3 is 0 Å². The quantitative estimate of drug-likeness (QED) is 0.922. The summed E-state index contributed by atoms with van der Waals surface area (Å²) >= 11 is 6.38. The minimum absolute atomic E-state index is 0.0138. The molecule has 1 saturated heterocycles. The van der Waals surface area contributed by atoms with Crippen molar-refractivity contribution >= 4 is 11.6 Å². The van der Waals surface area contributed by atoms with Gasteiger partial charge < -0.3 is 14.8 Å². The van der Waals surface area contributed by atoms with E-state index < -0.39 is 0 Å². The maximum atomic E-state index is 6.38. The van der Waals surface area contributed by atoms with Crippen LogP contribution in [-0.4, -0.2) is 26.8 Å². The van der Waals surface area contributed by atoms with E-state index in [1.54, 1.807) is 7.11 Å². The average molecular weight is 284 g/mol. The van der Waals surface area contributed by atoms with Crippen LogP contribution in [0.25, 0.3) is 0 Å². The van der Waals surface area contributed by atoms with E-state index in [1.165, 1.54) is 0 Å². The molecule has 106 valence electrons. The van der Waals surface area contributed by atoms with Gasteiger partial charge in [-0.25, -0.2) is 0 Å². The Hall–Kier alpha value is -0.770. The fraction of sp³-hybridized carbons (Fsp3) is 0.600. The van der Waals surface area contributed by atoms with Crippen molar-refractivity contribution in [3.05, 3.63) is 27.8 Å². The fourth-order valence-corrected chi connectivity index (χ4v) is 2.78. The van der Waals surface area contributed by atoms with E-state index in [1.807, 2.05) is 13.0 Å². The third kappa shape index (κ3) is 2.88. The lowest BCUT2D eigenvalue weighted by molar-refractivity contribution is 0.0258. The zero-order chi connectivity index (χ0) is 14.0. The second-order valence-corrected chi connectivity index (χ2v) is 5.64. The fourth-order valence-electron chi connectivity index (χ4n) is 2.56. The number of rotatable bonds is 3. The van der Waals surface area contributed by atoms with Crippen LogP contribution in [0, 0.1) is 6.92 Å². The molecule has 0 aliphatic carbocycles. The first-order valence-electron chi connectivity index (χ1n) is 6.75. The minimum atomic E-state index is 0.0138. The molecule has 0 amide bonds. The maximum Gasteiger partial charge on any atom is 0.128 e. The summed E-state index contributed by atoms with van der Waals surface area (Å²) in [4.78, 5) is 0. The Morgan fingerprint density at radius 2 is 2.21 bits per heavy atom. The summed E-state index contributed by atoms with van der Waals surface area (Å²) in [6, 6.07) is 2.01. The lowest BCUT2D eigenvalue weighted by atomic mass is 9.92. The molecule has 1 N–H and O–H groups in total. The van der Waals surface area contributed by atoms with Gasteiger partial charge in [0.2, 0.25) is 0 Å². The van der Waals surface area contributed by atoms with Gasteiger partial charge in [0.15, 0.2) is 0 Å². The molecule has 0 bridgehead atoms. The molecule has 0 radical (unpaired) electrons. The summed E-state index contributed by atoms with van der Waals surface area (Å²) in [6.07, 6.45) is 0.0138. The number of hydrogen-bond acceptors (Lipinski definition) is 3. The van der Waals surface area contributed by atoms with E-state index in [9.17, 15) is 0 Å². The van der Waals surface area contributed by atoms with Crippen LogP contribution in [0.3, 0.4) is 0 Å². The van der Waals surface area contributed by atoms with Gasteiger partial charge in [0.1, 0.15) is 5.75 Å². The molecule has 1 aliphatic heterocycles. The topological polar surface area (TPSA) is 30.5 Å². The molecule has 1 aromatic carbocycles. The van der Waals surface area contributed by atoms with Gasteiger partial charge in [-0.3, -0.25) is 0 Å². The smallest absolute Gasteiger partial charge is 0.128 e.